The van der Waals surface area contributed by atoms with Crippen LogP contribution in [-0.4, -0.2) is 14.7 Å². The van der Waals surface area contributed by atoms with Gasteiger partial charge in [-0.1, -0.05) is 5.16 Å². The quantitative estimate of drug-likeness (QED) is 0.520. The monoisotopic (exact) mass is 389 g/mol. The fourth-order valence-corrected chi connectivity index (χ4v) is 2.84. The molecule has 7 nitrogen and oxygen atoms in total. The van der Waals surface area contributed by atoms with E-state index in [-0.39, 0.29) is 17.7 Å². The van der Waals surface area contributed by atoms with Crippen molar-refractivity contribution < 1.29 is 13.4 Å². The van der Waals surface area contributed by atoms with Crippen LogP contribution in [0.5, 0.6) is 0 Å². The number of nitrogens with zero attached hydrogens (tertiary/aromatic N) is 3. The molecule has 3 heterocycles. The van der Waals surface area contributed by atoms with Crippen LogP contribution in [0.2, 0.25) is 0 Å². The SMILES string of the molecule is CC(C)n1c(=O)oc2cc(-c3noc(-c4ccc(Br)o4)n3)ccc21. The second-order valence-corrected chi connectivity index (χ2v) is 6.32. The maximum absolute atomic E-state index is 11.9. The summed E-state index contributed by atoms with van der Waals surface area (Å²) in [5.74, 6) is 0.752. The van der Waals surface area contributed by atoms with Gasteiger partial charge in [-0.15, -0.1) is 0 Å². The van der Waals surface area contributed by atoms with Crippen LogP contribution in [0.15, 0.2) is 53.2 Å². The lowest BCUT2D eigenvalue weighted by atomic mass is 10.2. The number of furan rings is 1. The lowest BCUT2D eigenvalue weighted by Crippen LogP contribution is -2.15. The van der Waals surface area contributed by atoms with E-state index in [1.807, 2.05) is 26.0 Å². The largest absolute Gasteiger partial charge is 0.444 e. The summed E-state index contributed by atoms with van der Waals surface area (Å²) in [7, 11) is 0. The third-order valence-corrected chi connectivity index (χ3v) is 4.02. The normalized spacial score (nSPS) is 11.7. The lowest BCUT2D eigenvalue weighted by Gasteiger charge is -2.04. The molecule has 0 aliphatic carbocycles. The van der Waals surface area contributed by atoms with E-state index in [9.17, 15) is 4.79 Å². The van der Waals surface area contributed by atoms with Crippen LogP contribution < -0.4 is 5.76 Å². The smallest absolute Gasteiger partial charge is 0.420 e. The van der Waals surface area contributed by atoms with Crippen LogP contribution in [0.25, 0.3) is 34.1 Å². The van der Waals surface area contributed by atoms with E-state index in [2.05, 4.69) is 26.1 Å². The van der Waals surface area contributed by atoms with E-state index in [4.69, 9.17) is 13.4 Å². The standard InChI is InChI=1S/C16H12BrN3O4/c1-8(2)20-10-4-3-9(7-12(10)23-16(20)21)14-18-15(24-19-14)11-5-6-13(17)22-11/h3-8H,1-2H3. The Labute approximate surface area is 144 Å². The molecular formula is C16H12BrN3O4. The van der Waals surface area contributed by atoms with Gasteiger partial charge in [-0.05, 0) is 60.1 Å². The maximum atomic E-state index is 11.9. The molecule has 0 atom stereocenters. The van der Waals surface area contributed by atoms with E-state index in [1.165, 1.54) is 0 Å². The highest BCUT2D eigenvalue weighted by Gasteiger charge is 2.17. The van der Waals surface area contributed by atoms with Gasteiger partial charge in [0, 0.05) is 11.6 Å². The van der Waals surface area contributed by atoms with E-state index < -0.39 is 0 Å². The Kier molecular flexibility index (Phi) is 3.42. The third-order valence-electron chi connectivity index (χ3n) is 3.60. The summed E-state index contributed by atoms with van der Waals surface area (Å²) < 4.78 is 18.1. The van der Waals surface area contributed by atoms with Gasteiger partial charge in [-0.25, -0.2) is 4.79 Å². The van der Waals surface area contributed by atoms with Crippen molar-refractivity contribution in [3.8, 4) is 23.0 Å². The average molecular weight is 390 g/mol. The van der Waals surface area contributed by atoms with Gasteiger partial charge in [0.1, 0.15) is 0 Å². The Morgan fingerprint density at radius 3 is 2.71 bits per heavy atom. The van der Waals surface area contributed by atoms with Crippen LogP contribution in [0.4, 0.5) is 0 Å². The predicted octanol–water partition coefficient (Wildman–Crippen LogP) is 4.25. The molecule has 0 aliphatic rings. The van der Waals surface area contributed by atoms with E-state index >= 15 is 0 Å². The van der Waals surface area contributed by atoms with Gasteiger partial charge in [-0.3, -0.25) is 4.57 Å². The fourth-order valence-electron chi connectivity index (χ4n) is 2.53. The minimum absolute atomic E-state index is 0.0128. The molecule has 3 aromatic heterocycles. The van der Waals surface area contributed by atoms with Crippen molar-refractivity contribution in [2.45, 2.75) is 19.9 Å². The number of hydrogen-bond donors (Lipinski definition) is 0. The number of rotatable bonds is 3. The second-order valence-electron chi connectivity index (χ2n) is 5.54. The van der Waals surface area contributed by atoms with Crippen LogP contribution in [-0.2, 0) is 0 Å². The summed E-state index contributed by atoms with van der Waals surface area (Å²) in [5.41, 5.74) is 1.91. The number of benzene rings is 1. The van der Waals surface area contributed by atoms with Gasteiger partial charge >= 0.3 is 5.76 Å². The Morgan fingerprint density at radius 2 is 2.00 bits per heavy atom. The molecule has 122 valence electrons. The minimum atomic E-state index is -0.383. The number of halogens is 1. The maximum Gasteiger partial charge on any atom is 0.420 e. The average Bonchev–Trinajstić information content (AvgIpc) is 3.22. The van der Waals surface area contributed by atoms with E-state index in [0.29, 0.717) is 27.4 Å². The third kappa shape index (κ3) is 2.39. The first-order valence-electron chi connectivity index (χ1n) is 7.28. The summed E-state index contributed by atoms with van der Waals surface area (Å²) in [6.07, 6.45) is 0. The molecule has 0 unspecified atom stereocenters. The predicted molar refractivity (Wildman–Crippen MR) is 89.6 cm³/mol. The molecule has 0 saturated heterocycles. The van der Waals surface area contributed by atoms with Crippen molar-refractivity contribution in [1.82, 2.24) is 14.7 Å². The van der Waals surface area contributed by atoms with Crippen molar-refractivity contribution >= 4 is 27.0 Å². The number of aromatic nitrogens is 3. The zero-order valence-electron chi connectivity index (χ0n) is 12.8. The van der Waals surface area contributed by atoms with Gasteiger partial charge < -0.3 is 13.4 Å². The van der Waals surface area contributed by atoms with Crippen molar-refractivity contribution in [1.29, 1.82) is 0 Å². The van der Waals surface area contributed by atoms with Crippen LogP contribution in [0, 0.1) is 0 Å². The van der Waals surface area contributed by atoms with Gasteiger partial charge in [0.25, 0.3) is 5.89 Å². The van der Waals surface area contributed by atoms with Gasteiger partial charge in [0.15, 0.2) is 16.0 Å². The molecule has 0 bridgehead atoms. The molecule has 0 radical (unpaired) electrons. The highest BCUT2D eigenvalue weighted by atomic mass is 79.9. The zero-order chi connectivity index (χ0) is 16.8. The first kappa shape index (κ1) is 14.9. The molecule has 0 fully saturated rings. The molecule has 4 aromatic rings. The Bertz CT molecular complexity index is 1090. The molecule has 0 amide bonds. The fraction of sp³-hybridized carbons (Fsp3) is 0.188. The zero-order valence-corrected chi connectivity index (χ0v) is 14.4. The molecule has 0 aliphatic heterocycles. The highest BCUT2D eigenvalue weighted by Crippen LogP contribution is 2.27. The molecule has 0 N–H and O–H groups in total. The minimum Gasteiger partial charge on any atom is -0.444 e. The van der Waals surface area contributed by atoms with Crippen LogP contribution in [0.1, 0.15) is 19.9 Å². The lowest BCUT2D eigenvalue weighted by molar-refractivity contribution is 0.414. The molecule has 8 heteroatoms. The number of hydrogen-bond acceptors (Lipinski definition) is 6. The Hall–Kier alpha value is -2.61. The summed E-state index contributed by atoms with van der Waals surface area (Å²) >= 11 is 3.23. The number of fused-ring (bicyclic) bond motifs is 1. The summed E-state index contributed by atoms with van der Waals surface area (Å²) in [6, 6.07) is 8.85. The molecule has 0 spiro atoms. The van der Waals surface area contributed by atoms with Crippen molar-refractivity contribution in [2.24, 2.45) is 0 Å². The Morgan fingerprint density at radius 1 is 1.17 bits per heavy atom. The van der Waals surface area contributed by atoms with Gasteiger partial charge in [0.2, 0.25) is 5.82 Å². The molecule has 4 rings (SSSR count). The molecule has 0 saturated carbocycles. The number of oxazole rings is 1. The van der Waals surface area contributed by atoms with Crippen molar-refractivity contribution in [2.75, 3.05) is 0 Å². The van der Waals surface area contributed by atoms with Crippen molar-refractivity contribution in [3.05, 3.63) is 45.6 Å². The summed E-state index contributed by atoms with van der Waals surface area (Å²) in [6.45, 7) is 3.86. The Balaban J connectivity index is 1.77. The molecule has 24 heavy (non-hydrogen) atoms. The topological polar surface area (TPSA) is 87.2 Å². The first-order chi connectivity index (χ1) is 11.5. The highest BCUT2D eigenvalue weighted by molar-refractivity contribution is 9.10. The van der Waals surface area contributed by atoms with Crippen LogP contribution >= 0.6 is 15.9 Å². The summed E-state index contributed by atoms with van der Waals surface area (Å²) in [4.78, 5) is 16.3. The van der Waals surface area contributed by atoms with E-state index in [1.54, 1.807) is 22.8 Å². The second kappa shape index (κ2) is 5.48. The molecular weight excluding hydrogens is 378 g/mol. The van der Waals surface area contributed by atoms with Crippen LogP contribution in [0.3, 0.4) is 0 Å². The molecule has 1 aromatic carbocycles. The van der Waals surface area contributed by atoms with E-state index in [0.717, 1.165) is 5.52 Å². The van der Waals surface area contributed by atoms with Gasteiger partial charge in [-0.2, -0.15) is 4.98 Å². The summed E-state index contributed by atoms with van der Waals surface area (Å²) in [5, 5.41) is 3.96. The first-order valence-corrected chi connectivity index (χ1v) is 8.07. The van der Waals surface area contributed by atoms with Crippen molar-refractivity contribution in [3.63, 3.8) is 0 Å². The van der Waals surface area contributed by atoms with Gasteiger partial charge in [0.05, 0.1) is 5.52 Å².